The van der Waals surface area contributed by atoms with Crippen molar-refractivity contribution < 1.29 is 0 Å². The molecule has 0 heterocycles. The Labute approximate surface area is 119 Å². The smallest absolute Gasteiger partial charge is 0.108 e. The van der Waals surface area contributed by atoms with E-state index in [9.17, 15) is 0 Å². The Balaban J connectivity index is 3.19. The molecule has 0 aliphatic carbocycles. The lowest BCUT2D eigenvalue weighted by molar-refractivity contribution is 0.598. The van der Waals surface area contributed by atoms with Gasteiger partial charge in [-0.05, 0) is 55.4 Å². The fourth-order valence-electron chi connectivity index (χ4n) is 3.09. The predicted octanol–water partition coefficient (Wildman–Crippen LogP) is 3.34. The van der Waals surface area contributed by atoms with Gasteiger partial charge in [-0.1, -0.05) is 0 Å². The second-order valence-electron chi connectivity index (χ2n) is 6.46. The number of rotatable bonds is 6. The Morgan fingerprint density at radius 3 is 1.05 bits per heavy atom. The summed E-state index contributed by atoms with van der Waals surface area (Å²) >= 11 is 0. The summed E-state index contributed by atoms with van der Waals surface area (Å²) in [5.74, 6) is 0. The lowest BCUT2D eigenvalue weighted by atomic mass is 10.2. The van der Waals surface area contributed by atoms with Gasteiger partial charge in [0.15, 0.2) is 0 Å². The molecule has 0 bridgehead atoms. The van der Waals surface area contributed by atoms with Gasteiger partial charge in [0.05, 0.1) is 11.4 Å². The fourth-order valence-corrected chi connectivity index (χ4v) is 3.09. The molecule has 0 spiro atoms. The van der Waals surface area contributed by atoms with Crippen LogP contribution in [0.2, 0.25) is 0 Å². The van der Waals surface area contributed by atoms with Crippen LogP contribution in [-0.4, -0.2) is 31.2 Å². The largest absolute Gasteiger partial charge is 0.363 e. The summed E-state index contributed by atoms with van der Waals surface area (Å²) in [6.07, 6.45) is 0. The van der Waals surface area contributed by atoms with Crippen molar-refractivity contribution in [3.8, 4) is 0 Å². The molecule has 0 saturated heterocycles. The monoisotopic (exact) mass is 265 g/mol. The van der Waals surface area contributed by atoms with Crippen LogP contribution < -0.4 is 15.2 Å². The molecular weight excluding hydrogens is 234 g/mol. The maximum atomic E-state index is 4.49. The molecule has 110 valence electrons. The fraction of sp³-hybridized carbons (Fsp3) is 0.812. The van der Waals surface area contributed by atoms with Gasteiger partial charge in [0.25, 0.3) is 0 Å². The highest BCUT2D eigenvalue weighted by atomic mass is 15.3. The van der Waals surface area contributed by atoms with Gasteiger partial charge >= 0.3 is 0 Å². The van der Waals surface area contributed by atoms with Crippen molar-refractivity contribution in [2.24, 2.45) is 4.99 Å². The predicted molar refractivity (Wildman–Crippen MR) is 85.8 cm³/mol. The van der Waals surface area contributed by atoms with Crippen LogP contribution >= 0.6 is 0 Å². The minimum atomic E-state index is 0.505. The molecule has 1 aromatic carbocycles. The first-order chi connectivity index (χ1) is 8.73. The normalized spacial score (nSPS) is 12.3. The van der Waals surface area contributed by atoms with Gasteiger partial charge in [-0.2, -0.15) is 0 Å². The van der Waals surface area contributed by atoms with Crippen LogP contribution in [0.5, 0.6) is 0 Å². The summed E-state index contributed by atoms with van der Waals surface area (Å²) in [5, 5.41) is 1.20. The molecule has 1 rings (SSSR count). The molecule has 0 amide bonds. The van der Waals surface area contributed by atoms with Crippen LogP contribution in [0.4, 0.5) is 11.4 Å². The Bertz CT molecular complexity index is 369. The molecule has 1 aromatic rings. The lowest BCUT2D eigenvalue weighted by Gasteiger charge is -2.33. The van der Waals surface area contributed by atoms with Gasteiger partial charge < -0.3 is 9.80 Å². The maximum absolute atomic E-state index is 4.49. The number of anilines is 2. The third-order valence-electron chi connectivity index (χ3n) is 3.58. The zero-order valence-electron chi connectivity index (χ0n) is 14.2. The summed E-state index contributed by atoms with van der Waals surface area (Å²) in [7, 11) is 1.90. The van der Waals surface area contributed by atoms with Crippen molar-refractivity contribution in [3.05, 3.63) is 5.36 Å². The molecular formula is C16H31N3. The van der Waals surface area contributed by atoms with Crippen molar-refractivity contribution in [1.29, 1.82) is 0 Å². The number of nitrogens with zero attached hydrogens (tertiary/aromatic N) is 3. The summed E-state index contributed by atoms with van der Waals surface area (Å²) < 4.78 is 0. The first-order valence-electron chi connectivity index (χ1n) is 7.52. The topological polar surface area (TPSA) is 18.8 Å². The maximum Gasteiger partial charge on any atom is 0.108 e. The van der Waals surface area contributed by atoms with Gasteiger partial charge in [0, 0.05) is 31.2 Å². The Morgan fingerprint density at radius 1 is 0.632 bits per heavy atom. The van der Waals surface area contributed by atoms with Crippen molar-refractivity contribution in [2.75, 3.05) is 16.8 Å². The van der Waals surface area contributed by atoms with Gasteiger partial charge in [-0.15, -0.1) is 0 Å². The molecule has 0 aliphatic heterocycles. The van der Waals surface area contributed by atoms with E-state index in [1.54, 1.807) is 0 Å². The molecule has 0 fully saturated rings. The van der Waals surface area contributed by atoms with Crippen LogP contribution in [0, 0.1) is 0 Å². The van der Waals surface area contributed by atoms with Crippen molar-refractivity contribution in [2.45, 2.75) is 79.6 Å². The molecule has 3 nitrogen and oxygen atoms in total. The second-order valence-corrected chi connectivity index (χ2v) is 6.46. The average Bonchev–Trinajstić information content (AvgIpc) is 2.89. The van der Waals surface area contributed by atoms with Crippen LogP contribution in [0.25, 0.3) is 0 Å². The molecule has 0 N–H and O–H groups in total. The molecule has 3 heteroatoms. The second kappa shape index (κ2) is 5.98. The zero-order valence-corrected chi connectivity index (χ0v) is 14.2. The van der Waals surface area contributed by atoms with E-state index < -0.39 is 0 Å². The lowest BCUT2D eigenvalue weighted by Crippen LogP contribution is -2.38. The van der Waals surface area contributed by atoms with Gasteiger partial charge in [0.1, 0.15) is 5.36 Å². The minimum absolute atomic E-state index is 0.505. The molecule has 0 saturated carbocycles. The van der Waals surface area contributed by atoms with Crippen LogP contribution in [0.1, 0.15) is 55.4 Å². The minimum Gasteiger partial charge on any atom is -0.363 e. The van der Waals surface area contributed by atoms with Crippen LogP contribution in [-0.2, 0) is 0 Å². The summed E-state index contributed by atoms with van der Waals surface area (Å²) in [6, 6.07) is 2.02. The molecule has 0 atom stereocenters. The van der Waals surface area contributed by atoms with Crippen molar-refractivity contribution >= 4 is 11.4 Å². The van der Waals surface area contributed by atoms with Crippen LogP contribution in [0.15, 0.2) is 4.99 Å². The van der Waals surface area contributed by atoms with E-state index in [0.717, 1.165) is 0 Å². The number of hydrogen-bond donors (Lipinski definition) is 0. The zero-order chi connectivity index (χ0) is 14.9. The molecule has 0 unspecified atom stereocenters. The van der Waals surface area contributed by atoms with E-state index in [2.05, 4.69) is 70.2 Å². The molecule has 0 aromatic heterocycles. The highest BCUT2D eigenvalue weighted by molar-refractivity contribution is 5.86. The highest BCUT2D eigenvalue weighted by Crippen LogP contribution is 2.37. The Morgan fingerprint density at radius 2 is 0.895 bits per heavy atom. The van der Waals surface area contributed by atoms with Crippen molar-refractivity contribution in [3.63, 3.8) is 0 Å². The summed E-state index contributed by atoms with van der Waals surface area (Å²) in [4.78, 5) is 9.46. The quantitative estimate of drug-likeness (QED) is 0.785. The van der Waals surface area contributed by atoms with Gasteiger partial charge in [0.2, 0.25) is 0 Å². The molecule has 0 aliphatic rings. The standard InChI is InChI=1S/C16H31N3/c1-10(2)18(11(3)4)15-14(17-9)16(15)19(12(5)6)13(7)8/h10-13H,1-9H3. The van der Waals surface area contributed by atoms with E-state index in [-0.39, 0.29) is 0 Å². The van der Waals surface area contributed by atoms with E-state index in [1.165, 1.54) is 16.7 Å². The van der Waals surface area contributed by atoms with E-state index in [1.807, 2.05) is 7.05 Å². The van der Waals surface area contributed by atoms with E-state index in [4.69, 9.17) is 0 Å². The van der Waals surface area contributed by atoms with Crippen molar-refractivity contribution in [1.82, 2.24) is 0 Å². The summed E-state index contributed by atoms with van der Waals surface area (Å²) in [5.41, 5.74) is 2.71. The third-order valence-corrected chi connectivity index (χ3v) is 3.58. The van der Waals surface area contributed by atoms with Gasteiger partial charge in [-0.25, -0.2) is 0 Å². The molecule has 19 heavy (non-hydrogen) atoms. The van der Waals surface area contributed by atoms with Gasteiger partial charge in [-0.3, -0.25) is 4.99 Å². The average molecular weight is 265 g/mol. The van der Waals surface area contributed by atoms with E-state index in [0.29, 0.717) is 24.2 Å². The van der Waals surface area contributed by atoms with E-state index >= 15 is 0 Å². The first-order valence-corrected chi connectivity index (χ1v) is 7.52. The SMILES string of the molecule is CN=c1c(N(C(C)C)C(C)C)c1N(C(C)C)C(C)C. The summed E-state index contributed by atoms with van der Waals surface area (Å²) in [6.45, 7) is 18.0. The highest BCUT2D eigenvalue weighted by Gasteiger charge is 2.34. The Kier molecular flexibility index (Phi) is 5.05. The molecule has 0 radical (unpaired) electrons. The Hall–Kier alpha value is -0.990. The third kappa shape index (κ3) is 3.13. The van der Waals surface area contributed by atoms with Crippen LogP contribution in [0.3, 0.4) is 0 Å². The number of hydrogen-bond acceptors (Lipinski definition) is 3. The first kappa shape index (κ1) is 16.1.